The van der Waals surface area contributed by atoms with Crippen molar-refractivity contribution in [1.29, 1.82) is 0 Å². The van der Waals surface area contributed by atoms with E-state index >= 15 is 0 Å². The minimum atomic E-state index is -3.75. The standard InChI is InChI=1S/C15H22N2O4S.ClH/c1-10-5-6-14(13(9-10)15(18)21-4)22(19,20)17-8-7-16-11(2)12(17)3;/h5-6,9,11-12,16H,7-8H2,1-4H3;1H. The Labute approximate surface area is 143 Å². The second kappa shape index (κ2) is 7.61. The number of esters is 1. The quantitative estimate of drug-likeness (QED) is 0.826. The Bertz CT molecular complexity index is 678. The zero-order valence-corrected chi connectivity index (χ0v) is 15.3. The number of carbonyl (C=O) groups excluding carboxylic acids is 1. The van der Waals surface area contributed by atoms with Gasteiger partial charge in [0.1, 0.15) is 0 Å². The lowest BCUT2D eigenvalue weighted by Gasteiger charge is -2.37. The average molecular weight is 363 g/mol. The van der Waals surface area contributed by atoms with Gasteiger partial charge < -0.3 is 10.1 Å². The van der Waals surface area contributed by atoms with E-state index in [0.717, 1.165) is 5.56 Å². The highest BCUT2D eigenvalue weighted by molar-refractivity contribution is 7.89. The third-order valence-electron chi connectivity index (χ3n) is 4.10. The molecule has 1 fully saturated rings. The third kappa shape index (κ3) is 3.85. The van der Waals surface area contributed by atoms with Crippen molar-refractivity contribution in [2.24, 2.45) is 0 Å². The van der Waals surface area contributed by atoms with E-state index in [4.69, 9.17) is 4.74 Å². The minimum absolute atomic E-state index is 0. The Morgan fingerprint density at radius 2 is 2.00 bits per heavy atom. The van der Waals surface area contributed by atoms with Crippen LogP contribution in [0.4, 0.5) is 0 Å². The van der Waals surface area contributed by atoms with E-state index in [1.54, 1.807) is 19.1 Å². The minimum Gasteiger partial charge on any atom is -0.465 e. The number of rotatable bonds is 3. The van der Waals surface area contributed by atoms with Gasteiger partial charge in [0.25, 0.3) is 0 Å². The highest BCUT2D eigenvalue weighted by atomic mass is 35.5. The van der Waals surface area contributed by atoms with Crippen LogP contribution in [0.3, 0.4) is 0 Å². The molecule has 1 aromatic rings. The van der Waals surface area contributed by atoms with Crippen molar-refractivity contribution < 1.29 is 17.9 Å². The van der Waals surface area contributed by atoms with Crippen LogP contribution in [0.25, 0.3) is 0 Å². The zero-order valence-electron chi connectivity index (χ0n) is 13.7. The lowest BCUT2D eigenvalue weighted by Crippen LogP contribution is -2.57. The van der Waals surface area contributed by atoms with Gasteiger partial charge >= 0.3 is 5.97 Å². The largest absolute Gasteiger partial charge is 0.465 e. The first-order valence-corrected chi connectivity index (χ1v) is 8.67. The number of aryl methyl sites for hydroxylation is 1. The summed E-state index contributed by atoms with van der Waals surface area (Å²) < 4.78 is 32.1. The number of benzene rings is 1. The maximum absolute atomic E-state index is 13.0. The molecule has 23 heavy (non-hydrogen) atoms. The monoisotopic (exact) mass is 362 g/mol. The van der Waals surface area contributed by atoms with Gasteiger partial charge in [-0.3, -0.25) is 0 Å². The molecule has 1 N–H and O–H groups in total. The molecule has 130 valence electrons. The van der Waals surface area contributed by atoms with E-state index in [0.29, 0.717) is 13.1 Å². The average Bonchev–Trinajstić information content (AvgIpc) is 2.48. The van der Waals surface area contributed by atoms with Crippen molar-refractivity contribution in [2.75, 3.05) is 20.2 Å². The number of nitrogens with one attached hydrogen (secondary N) is 1. The van der Waals surface area contributed by atoms with E-state index in [-0.39, 0.29) is 34.9 Å². The molecule has 0 spiro atoms. The van der Waals surface area contributed by atoms with Crippen molar-refractivity contribution in [3.63, 3.8) is 0 Å². The molecule has 1 aliphatic heterocycles. The summed E-state index contributed by atoms with van der Waals surface area (Å²) in [6.07, 6.45) is 0. The first-order valence-electron chi connectivity index (χ1n) is 7.23. The van der Waals surface area contributed by atoms with Crippen LogP contribution in [-0.4, -0.2) is 51.0 Å². The summed E-state index contributed by atoms with van der Waals surface area (Å²) in [4.78, 5) is 11.9. The Hall–Kier alpha value is -1.15. The van der Waals surface area contributed by atoms with Crippen LogP contribution in [-0.2, 0) is 14.8 Å². The Balaban J connectivity index is 0.00000264. The summed E-state index contributed by atoms with van der Waals surface area (Å²) in [6, 6.07) is 4.59. The van der Waals surface area contributed by atoms with Crippen LogP contribution in [0.15, 0.2) is 23.1 Å². The molecule has 1 aromatic carbocycles. The first-order chi connectivity index (χ1) is 10.3. The second-order valence-electron chi connectivity index (χ2n) is 5.59. The fourth-order valence-electron chi connectivity index (χ4n) is 2.63. The summed E-state index contributed by atoms with van der Waals surface area (Å²) in [7, 11) is -2.51. The van der Waals surface area contributed by atoms with Crippen LogP contribution in [0.5, 0.6) is 0 Å². The summed E-state index contributed by atoms with van der Waals surface area (Å²) in [5.74, 6) is -0.641. The lowest BCUT2D eigenvalue weighted by atomic mass is 10.1. The zero-order chi connectivity index (χ0) is 16.5. The molecule has 1 heterocycles. The molecule has 0 radical (unpaired) electrons. The van der Waals surface area contributed by atoms with Crippen molar-refractivity contribution >= 4 is 28.4 Å². The number of hydrogen-bond donors (Lipinski definition) is 1. The van der Waals surface area contributed by atoms with E-state index in [9.17, 15) is 13.2 Å². The van der Waals surface area contributed by atoms with Gasteiger partial charge in [0, 0.05) is 25.2 Å². The summed E-state index contributed by atoms with van der Waals surface area (Å²) in [5, 5.41) is 3.25. The van der Waals surface area contributed by atoms with Gasteiger partial charge in [0.15, 0.2) is 0 Å². The molecule has 0 aliphatic carbocycles. The van der Waals surface area contributed by atoms with Crippen molar-refractivity contribution in [1.82, 2.24) is 9.62 Å². The number of halogens is 1. The maximum atomic E-state index is 13.0. The van der Waals surface area contributed by atoms with Gasteiger partial charge in [0.05, 0.1) is 17.6 Å². The molecular formula is C15H23ClN2O4S. The van der Waals surface area contributed by atoms with Crippen LogP contribution >= 0.6 is 12.4 Å². The van der Waals surface area contributed by atoms with E-state index in [2.05, 4.69) is 5.32 Å². The topological polar surface area (TPSA) is 75.7 Å². The smallest absolute Gasteiger partial charge is 0.339 e. The molecule has 0 saturated carbocycles. The fourth-order valence-corrected chi connectivity index (χ4v) is 4.49. The van der Waals surface area contributed by atoms with Gasteiger partial charge in [-0.25, -0.2) is 13.2 Å². The van der Waals surface area contributed by atoms with Gasteiger partial charge in [-0.2, -0.15) is 4.31 Å². The fraction of sp³-hybridized carbons (Fsp3) is 0.533. The predicted octanol–water partition coefficient (Wildman–Crippen LogP) is 1.57. The highest BCUT2D eigenvalue weighted by Crippen LogP contribution is 2.25. The molecular weight excluding hydrogens is 340 g/mol. The Morgan fingerprint density at radius 1 is 1.35 bits per heavy atom. The van der Waals surface area contributed by atoms with E-state index < -0.39 is 16.0 Å². The molecule has 2 rings (SSSR count). The number of methoxy groups -OCH3 is 1. The molecule has 6 nitrogen and oxygen atoms in total. The first kappa shape index (κ1) is 19.9. The van der Waals surface area contributed by atoms with Crippen LogP contribution in [0, 0.1) is 6.92 Å². The third-order valence-corrected chi connectivity index (χ3v) is 6.15. The normalized spacial score (nSPS) is 22.3. The number of ether oxygens (including phenoxy) is 1. The maximum Gasteiger partial charge on any atom is 0.339 e. The number of piperazine rings is 1. The molecule has 0 amide bonds. The molecule has 1 aliphatic rings. The molecule has 8 heteroatoms. The van der Waals surface area contributed by atoms with Crippen LogP contribution < -0.4 is 5.32 Å². The SMILES string of the molecule is COC(=O)c1cc(C)ccc1S(=O)(=O)N1CCNC(C)C1C.Cl. The predicted molar refractivity (Wildman–Crippen MR) is 90.6 cm³/mol. The highest BCUT2D eigenvalue weighted by Gasteiger charge is 2.36. The summed E-state index contributed by atoms with van der Waals surface area (Å²) in [6.45, 7) is 6.58. The van der Waals surface area contributed by atoms with Crippen molar-refractivity contribution in [2.45, 2.75) is 37.8 Å². The molecule has 2 unspecified atom stereocenters. The Kier molecular flexibility index (Phi) is 6.59. The van der Waals surface area contributed by atoms with Crippen molar-refractivity contribution in [3.05, 3.63) is 29.3 Å². The lowest BCUT2D eigenvalue weighted by molar-refractivity contribution is 0.0596. The van der Waals surface area contributed by atoms with Crippen LogP contribution in [0.1, 0.15) is 29.8 Å². The Morgan fingerprint density at radius 3 is 2.61 bits per heavy atom. The number of sulfonamides is 1. The van der Waals surface area contributed by atoms with Gasteiger partial charge in [-0.05, 0) is 32.9 Å². The van der Waals surface area contributed by atoms with E-state index in [1.807, 2.05) is 13.8 Å². The summed E-state index contributed by atoms with van der Waals surface area (Å²) >= 11 is 0. The molecule has 0 bridgehead atoms. The molecule has 1 saturated heterocycles. The number of nitrogens with zero attached hydrogens (tertiary/aromatic N) is 1. The van der Waals surface area contributed by atoms with E-state index in [1.165, 1.54) is 17.5 Å². The summed E-state index contributed by atoms with van der Waals surface area (Å²) in [5.41, 5.74) is 0.891. The number of hydrogen-bond acceptors (Lipinski definition) is 5. The molecule has 0 aromatic heterocycles. The van der Waals surface area contributed by atoms with Gasteiger partial charge in [-0.1, -0.05) is 11.6 Å². The van der Waals surface area contributed by atoms with Crippen LogP contribution in [0.2, 0.25) is 0 Å². The number of carbonyl (C=O) groups is 1. The second-order valence-corrected chi connectivity index (χ2v) is 7.45. The van der Waals surface area contributed by atoms with Gasteiger partial charge in [-0.15, -0.1) is 12.4 Å². The molecule has 2 atom stereocenters. The van der Waals surface area contributed by atoms with Gasteiger partial charge in [0.2, 0.25) is 10.0 Å². The van der Waals surface area contributed by atoms with Crippen molar-refractivity contribution in [3.8, 4) is 0 Å².